The molecular weight excluding hydrogens is 576 g/mol. The van der Waals surface area contributed by atoms with E-state index in [-0.39, 0.29) is 24.3 Å². The Bertz CT molecular complexity index is 1080. The molecule has 0 aliphatic rings. The molecule has 0 radical (unpaired) electrons. The van der Waals surface area contributed by atoms with Gasteiger partial charge in [-0.3, -0.25) is 4.55 Å². The molecule has 0 atom stereocenters. The quantitative estimate of drug-likeness (QED) is 0.0444. The average molecular weight is 635 g/mol. The summed E-state index contributed by atoms with van der Waals surface area (Å²) < 4.78 is 43.5. The lowest BCUT2D eigenvalue weighted by atomic mass is 10.1. The highest BCUT2D eigenvalue weighted by Gasteiger charge is 2.23. The predicted molar refractivity (Wildman–Crippen MR) is 179 cm³/mol. The molecule has 0 saturated heterocycles. The summed E-state index contributed by atoms with van der Waals surface area (Å²) in [5.41, 5.74) is -0.309. The fourth-order valence-electron chi connectivity index (χ4n) is 4.80. The van der Waals surface area contributed by atoms with Gasteiger partial charge in [-0.15, -0.1) is 0 Å². The Kier molecular flexibility index (Phi) is 23.2. The normalized spacial score (nSPS) is 11.9. The largest absolute Gasteiger partial charge is 0.462 e. The van der Waals surface area contributed by atoms with Crippen molar-refractivity contribution in [2.45, 2.75) is 147 Å². The van der Waals surface area contributed by atoms with Crippen LogP contribution in [0.3, 0.4) is 0 Å². The molecule has 1 aromatic carbocycles. The number of ether oxygens (including phenoxy) is 2. The lowest BCUT2D eigenvalue weighted by Gasteiger charge is -2.11. The van der Waals surface area contributed by atoms with Crippen LogP contribution in [0.4, 0.5) is 0 Å². The summed E-state index contributed by atoms with van der Waals surface area (Å²) in [6.45, 7) is 4.79. The van der Waals surface area contributed by atoms with E-state index in [4.69, 9.17) is 9.47 Å². The van der Waals surface area contributed by atoms with Crippen molar-refractivity contribution in [3.05, 3.63) is 53.6 Å². The van der Waals surface area contributed by atoms with Crippen LogP contribution in [0.2, 0.25) is 0 Å². The zero-order valence-electron chi connectivity index (χ0n) is 27.4. The summed E-state index contributed by atoms with van der Waals surface area (Å²) >= 11 is 0. The third-order valence-electron chi connectivity index (χ3n) is 7.51. The second-order valence-electron chi connectivity index (χ2n) is 11.5. The first-order valence-corrected chi connectivity index (χ1v) is 18.5. The highest BCUT2D eigenvalue weighted by atomic mass is 32.2. The number of rotatable bonds is 27. The minimum Gasteiger partial charge on any atom is -0.462 e. The van der Waals surface area contributed by atoms with Crippen LogP contribution in [0, 0.1) is 0 Å². The van der Waals surface area contributed by atoms with Crippen molar-refractivity contribution < 1.29 is 32.0 Å². The van der Waals surface area contributed by atoms with E-state index in [1.54, 1.807) is 0 Å². The molecule has 1 aromatic rings. The fourth-order valence-corrected chi connectivity index (χ4v) is 5.31. The maximum absolute atomic E-state index is 12.8. The smallest absolute Gasteiger partial charge is 0.339 e. The van der Waals surface area contributed by atoms with Crippen LogP contribution in [0.15, 0.2) is 47.4 Å². The van der Waals surface area contributed by atoms with Gasteiger partial charge < -0.3 is 9.47 Å². The van der Waals surface area contributed by atoms with Gasteiger partial charge in [-0.2, -0.15) is 8.42 Å². The van der Waals surface area contributed by atoms with Gasteiger partial charge in [0.2, 0.25) is 0 Å². The predicted octanol–water partition coefficient (Wildman–Crippen LogP) is 10.2. The van der Waals surface area contributed by atoms with Crippen LogP contribution in [-0.2, 0) is 19.6 Å². The van der Waals surface area contributed by atoms with Gasteiger partial charge in [0.1, 0.15) is 0 Å². The number of benzene rings is 1. The highest BCUT2D eigenvalue weighted by Crippen LogP contribution is 2.19. The molecule has 250 valence electrons. The maximum atomic E-state index is 12.8. The Morgan fingerprint density at radius 2 is 0.977 bits per heavy atom. The first-order valence-electron chi connectivity index (χ1n) is 17.1. The van der Waals surface area contributed by atoms with Gasteiger partial charge in [0, 0.05) is 0 Å². The van der Waals surface area contributed by atoms with E-state index in [9.17, 15) is 22.6 Å². The first kappa shape index (κ1) is 39.6. The molecule has 0 heterocycles. The maximum Gasteiger partial charge on any atom is 0.339 e. The van der Waals surface area contributed by atoms with Crippen molar-refractivity contribution in [2.24, 2.45) is 0 Å². The molecule has 0 spiro atoms. The van der Waals surface area contributed by atoms with Crippen LogP contribution >= 0.6 is 0 Å². The van der Waals surface area contributed by atoms with Crippen molar-refractivity contribution in [3.63, 3.8) is 0 Å². The Morgan fingerprint density at radius 3 is 1.39 bits per heavy atom. The van der Waals surface area contributed by atoms with Crippen molar-refractivity contribution in [1.29, 1.82) is 0 Å². The second kappa shape index (κ2) is 25.8. The van der Waals surface area contributed by atoms with E-state index >= 15 is 0 Å². The SMILES string of the molecule is CCCCCCC/C=C/CCCCCOC(=O)c1ccc(S(=O)(=O)O)cc1C(=O)OCCCCC/C=C/CCCCCCC. The van der Waals surface area contributed by atoms with Gasteiger partial charge in [0.15, 0.2) is 0 Å². The fraction of sp³-hybridized carbons (Fsp3) is 0.667. The highest BCUT2D eigenvalue weighted by molar-refractivity contribution is 7.85. The van der Waals surface area contributed by atoms with Gasteiger partial charge in [0.05, 0.1) is 29.2 Å². The number of hydrogen-bond acceptors (Lipinski definition) is 6. The van der Waals surface area contributed by atoms with Gasteiger partial charge >= 0.3 is 11.9 Å². The molecule has 1 rings (SSSR count). The number of unbranched alkanes of at least 4 members (excludes halogenated alkanes) is 16. The molecular formula is C36H58O7S. The summed E-state index contributed by atoms with van der Waals surface area (Å²) in [6, 6.07) is 3.24. The summed E-state index contributed by atoms with van der Waals surface area (Å²) in [7, 11) is -4.56. The van der Waals surface area contributed by atoms with Crippen molar-refractivity contribution in [3.8, 4) is 0 Å². The van der Waals surface area contributed by atoms with Crippen LogP contribution in [0.25, 0.3) is 0 Å². The Labute approximate surface area is 267 Å². The Hall–Kier alpha value is -2.45. The molecule has 0 fully saturated rings. The Balaban J connectivity index is 2.42. The minimum atomic E-state index is -4.56. The molecule has 0 amide bonds. The standard InChI is InChI=1S/C36H58O7S/c1-3-5-7-9-11-13-15-17-19-21-23-25-29-42-35(37)33-28-27-32(44(39,40)41)31-34(33)36(38)43-30-26-24-22-20-18-16-14-12-10-8-6-4-2/h15-18,27-28,31H,3-14,19-26,29-30H2,1-2H3,(H,39,40,41)/b17-15+,18-16+. The van der Waals surface area contributed by atoms with E-state index < -0.39 is 27.0 Å². The van der Waals surface area contributed by atoms with Gasteiger partial charge in [-0.1, -0.05) is 89.5 Å². The van der Waals surface area contributed by atoms with Crippen LogP contribution in [0.5, 0.6) is 0 Å². The van der Waals surface area contributed by atoms with E-state index in [2.05, 4.69) is 38.2 Å². The average Bonchev–Trinajstić information content (AvgIpc) is 3.00. The van der Waals surface area contributed by atoms with Gasteiger partial charge in [-0.25, -0.2) is 9.59 Å². The number of esters is 2. The van der Waals surface area contributed by atoms with E-state index in [0.29, 0.717) is 12.8 Å². The third kappa shape index (κ3) is 19.8. The summed E-state index contributed by atoms with van der Waals surface area (Å²) in [5, 5.41) is 0. The van der Waals surface area contributed by atoms with E-state index in [1.807, 2.05) is 0 Å². The molecule has 0 bridgehead atoms. The topological polar surface area (TPSA) is 107 Å². The van der Waals surface area contributed by atoms with Crippen LogP contribution in [0.1, 0.15) is 163 Å². The van der Waals surface area contributed by atoms with Crippen molar-refractivity contribution >= 4 is 22.1 Å². The Morgan fingerprint density at radius 1 is 0.591 bits per heavy atom. The summed E-state index contributed by atoms with van der Waals surface area (Å²) in [4.78, 5) is 25.1. The third-order valence-corrected chi connectivity index (χ3v) is 8.36. The first-order chi connectivity index (χ1) is 21.3. The lowest BCUT2D eigenvalue weighted by molar-refractivity contribution is 0.0450. The molecule has 0 unspecified atom stereocenters. The molecule has 0 aliphatic heterocycles. The van der Waals surface area contributed by atoms with Crippen LogP contribution < -0.4 is 0 Å². The molecule has 0 aliphatic carbocycles. The molecule has 7 nitrogen and oxygen atoms in total. The zero-order valence-corrected chi connectivity index (χ0v) is 28.2. The van der Waals surface area contributed by atoms with E-state index in [1.165, 1.54) is 70.3 Å². The molecule has 0 aromatic heterocycles. The number of carbonyl (C=O) groups excluding carboxylic acids is 2. The molecule has 1 N–H and O–H groups in total. The van der Waals surface area contributed by atoms with Crippen LogP contribution in [-0.4, -0.2) is 38.1 Å². The van der Waals surface area contributed by atoms with Gasteiger partial charge in [0.25, 0.3) is 10.1 Å². The molecule has 8 heteroatoms. The lowest BCUT2D eigenvalue weighted by Crippen LogP contribution is -2.16. The minimum absolute atomic E-state index is 0.0795. The summed E-state index contributed by atoms with van der Waals surface area (Å²) in [5.74, 6) is -1.54. The number of hydrogen-bond donors (Lipinski definition) is 1. The van der Waals surface area contributed by atoms with Gasteiger partial charge in [-0.05, 0) is 95.2 Å². The zero-order chi connectivity index (χ0) is 32.3. The summed E-state index contributed by atoms with van der Waals surface area (Å²) in [6.07, 6.45) is 31.0. The van der Waals surface area contributed by atoms with E-state index in [0.717, 1.165) is 63.5 Å². The monoisotopic (exact) mass is 634 g/mol. The molecule has 44 heavy (non-hydrogen) atoms. The van der Waals surface area contributed by atoms with Crippen molar-refractivity contribution in [1.82, 2.24) is 0 Å². The number of allylic oxidation sites excluding steroid dienone is 4. The second-order valence-corrected chi connectivity index (χ2v) is 12.9. The number of carbonyl (C=O) groups is 2. The van der Waals surface area contributed by atoms with Crippen molar-refractivity contribution in [2.75, 3.05) is 13.2 Å². The molecule has 0 saturated carbocycles.